The second-order valence-electron chi connectivity index (χ2n) is 7.92. The Kier molecular flexibility index (Phi) is 5.45. The quantitative estimate of drug-likeness (QED) is 0.349. The first-order valence-electron chi connectivity index (χ1n) is 10.5. The molecule has 0 unspecified atom stereocenters. The van der Waals surface area contributed by atoms with Gasteiger partial charge in [-0.15, -0.1) is 11.3 Å². The fraction of sp³-hybridized carbons (Fsp3) is 0.154. The SMILES string of the molecule is Cc1ccc(Cc2c(C(=O)NCCc3nc4ccc(F)cc4[nH]3)sc3ccccc23)cc1. The number of rotatable bonds is 6. The predicted octanol–water partition coefficient (Wildman–Crippen LogP) is 5.79. The van der Waals surface area contributed by atoms with E-state index >= 15 is 0 Å². The van der Waals surface area contributed by atoms with Crippen LogP contribution in [0.3, 0.4) is 0 Å². The van der Waals surface area contributed by atoms with Gasteiger partial charge in [0.05, 0.1) is 15.9 Å². The molecule has 5 rings (SSSR count). The van der Waals surface area contributed by atoms with Gasteiger partial charge in [-0.1, -0.05) is 48.0 Å². The van der Waals surface area contributed by atoms with E-state index in [-0.39, 0.29) is 11.7 Å². The van der Waals surface area contributed by atoms with E-state index < -0.39 is 0 Å². The minimum atomic E-state index is -0.299. The van der Waals surface area contributed by atoms with Gasteiger partial charge in [-0.05, 0) is 54.1 Å². The number of hydrogen-bond donors (Lipinski definition) is 2. The Morgan fingerprint density at radius 2 is 1.91 bits per heavy atom. The molecule has 2 N–H and O–H groups in total. The fourth-order valence-corrected chi connectivity index (χ4v) is 5.03. The van der Waals surface area contributed by atoms with Crippen LogP contribution in [0.5, 0.6) is 0 Å². The summed E-state index contributed by atoms with van der Waals surface area (Å²) in [7, 11) is 0. The number of aromatic nitrogens is 2. The molecule has 3 aromatic carbocycles. The minimum Gasteiger partial charge on any atom is -0.351 e. The molecule has 5 aromatic rings. The Balaban J connectivity index is 1.34. The van der Waals surface area contributed by atoms with E-state index in [1.165, 1.54) is 34.6 Å². The molecule has 0 bridgehead atoms. The number of carbonyl (C=O) groups excluding carboxylic acids is 1. The van der Waals surface area contributed by atoms with Crippen molar-refractivity contribution in [3.8, 4) is 0 Å². The van der Waals surface area contributed by atoms with Gasteiger partial charge in [-0.3, -0.25) is 4.79 Å². The van der Waals surface area contributed by atoms with Gasteiger partial charge in [0.1, 0.15) is 11.6 Å². The van der Waals surface area contributed by atoms with Gasteiger partial charge in [-0.2, -0.15) is 0 Å². The number of imidazole rings is 1. The van der Waals surface area contributed by atoms with Crippen LogP contribution in [0.25, 0.3) is 21.1 Å². The van der Waals surface area contributed by atoms with E-state index in [1.807, 2.05) is 12.1 Å². The number of fused-ring (bicyclic) bond motifs is 2. The summed E-state index contributed by atoms with van der Waals surface area (Å²) in [6.45, 7) is 2.51. The molecule has 1 amide bonds. The van der Waals surface area contributed by atoms with Crippen molar-refractivity contribution in [1.29, 1.82) is 0 Å². The van der Waals surface area contributed by atoms with Gasteiger partial charge in [-0.25, -0.2) is 9.37 Å². The average molecular weight is 444 g/mol. The topological polar surface area (TPSA) is 57.8 Å². The second kappa shape index (κ2) is 8.55. The van der Waals surface area contributed by atoms with Crippen LogP contribution < -0.4 is 5.32 Å². The third kappa shape index (κ3) is 4.14. The molecule has 0 aliphatic heterocycles. The summed E-state index contributed by atoms with van der Waals surface area (Å²) >= 11 is 1.53. The van der Waals surface area contributed by atoms with Gasteiger partial charge < -0.3 is 10.3 Å². The molecule has 2 heterocycles. The van der Waals surface area contributed by atoms with Gasteiger partial charge in [0, 0.05) is 17.7 Å². The number of nitrogens with zero attached hydrogens (tertiary/aromatic N) is 1. The molecule has 2 aromatic heterocycles. The van der Waals surface area contributed by atoms with Gasteiger partial charge in [0.25, 0.3) is 5.91 Å². The van der Waals surface area contributed by atoms with Crippen molar-refractivity contribution >= 4 is 38.4 Å². The number of aryl methyl sites for hydroxylation is 1. The number of benzene rings is 3. The molecule has 0 saturated carbocycles. The van der Waals surface area contributed by atoms with Crippen LogP contribution in [0.4, 0.5) is 4.39 Å². The van der Waals surface area contributed by atoms with E-state index in [2.05, 4.69) is 58.6 Å². The van der Waals surface area contributed by atoms with Crippen LogP contribution >= 0.6 is 11.3 Å². The predicted molar refractivity (Wildman–Crippen MR) is 128 cm³/mol. The first-order valence-corrected chi connectivity index (χ1v) is 11.4. The molecule has 0 spiro atoms. The van der Waals surface area contributed by atoms with Crippen molar-refractivity contribution in [2.24, 2.45) is 0 Å². The summed E-state index contributed by atoms with van der Waals surface area (Å²) in [5.41, 5.74) is 4.85. The Hall–Kier alpha value is -3.51. The lowest BCUT2D eigenvalue weighted by atomic mass is 10.0. The van der Waals surface area contributed by atoms with E-state index in [9.17, 15) is 9.18 Å². The molecule has 160 valence electrons. The number of hydrogen-bond acceptors (Lipinski definition) is 3. The maximum absolute atomic E-state index is 13.4. The van der Waals surface area contributed by atoms with Crippen LogP contribution in [0.2, 0.25) is 0 Å². The number of thiophene rings is 1. The Labute approximate surface area is 189 Å². The molecule has 0 atom stereocenters. The van der Waals surface area contributed by atoms with E-state index in [1.54, 1.807) is 6.07 Å². The third-order valence-corrected chi connectivity index (χ3v) is 6.76. The average Bonchev–Trinajstić information content (AvgIpc) is 3.36. The zero-order valence-electron chi connectivity index (χ0n) is 17.6. The van der Waals surface area contributed by atoms with Crippen LogP contribution in [-0.4, -0.2) is 22.4 Å². The summed E-state index contributed by atoms with van der Waals surface area (Å²) in [5, 5.41) is 4.16. The molecule has 0 aliphatic carbocycles. The third-order valence-electron chi connectivity index (χ3n) is 5.55. The molecule has 4 nitrogen and oxygen atoms in total. The monoisotopic (exact) mass is 443 g/mol. The standard InChI is InChI=1S/C26H22FN3OS/c1-16-6-8-17(9-7-16)14-20-19-4-2-3-5-23(19)32-25(20)26(31)28-13-12-24-29-21-11-10-18(27)15-22(21)30-24/h2-11,15H,12-14H2,1H3,(H,28,31)(H,29,30). The molecule has 6 heteroatoms. The highest BCUT2D eigenvalue weighted by molar-refractivity contribution is 7.21. The first-order chi connectivity index (χ1) is 15.6. The van der Waals surface area contributed by atoms with Crippen molar-refractivity contribution in [3.63, 3.8) is 0 Å². The summed E-state index contributed by atoms with van der Waals surface area (Å²) < 4.78 is 14.5. The fourth-order valence-electron chi connectivity index (χ4n) is 3.90. The van der Waals surface area contributed by atoms with E-state index in [4.69, 9.17) is 0 Å². The summed E-state index contributed by atoms with van der Waals surface area (Å²) in [6, 6.07) is 21.1. The smallest absolute Gasteiger partial charge is 0.261 e. The summed E-state index contributed by atoms with van der Waals surface area (Å²) in [6.07, 6.45) is 1.25. The van der Waals surface area contributed by atoms with Crippen LogP contribution in [0.1, 0.15) is 32.2 Å². The lowest BCUT2D eigenvalue weighted by Crippen LogP contribution is -2.26. The second-order valence-corrected chi connectivity index (χ2v) is 8.97. The first kappa shape index (κ1) is 20.4. The van der Waals surface area contributed by atoms with Crippen molar-refractivity contribution in [2.75, 3.05) is 6.54 Å². The molecule has 32 heavy (non-hydrogen) atoms. The lowest BCUT2D eigenvalue weighted by molar-refractivity contribution is 0.0957. The highest BCUT2D eigenvalue weighted by Crippen LogP contribution is 2.33. The zero-order valence-corrected chi connectivity index (χ0v) is 18.4. The normalized spacial score (nSPS) is 11.3. The van der Waals surface area contributed by atoms with Gasteiger partial charge in [0.15, 0.2) is 0 Å². The van der Waals surface area contributed by atoms with Crippen molar-refractivity contribution < 1.29 is 9.18 Å². The molecule has 0 aliphatic rings. The molecular formula is C26H22FN3OS. The largest absolute Gasteiger partial charge is 0.351 e. The maximum Gasteiger partial charge on any atom is 0.261 e. The highest BCUT2D eigenvalue weighted by atomic mass is 32.1. The van der Waals surface area contributed by atoms with E-state index in [0.717, 1.165) is 31.9 Å². The number of halogens is 1. The zero-order chi connectivity index (χ0) is 22.1. The molecule has 0 radical (unpaired) electrons. The van der Waals surface area contributed by atoms with Crippen LogP contribution in [0.15, 0.2) is 66.7 Å². The maximum atomic E-state index is 13.4. The Morgan fingerprint density at radius 3 is 2.75 bits per heavy atom. The van der Waals surface area contributed by atoms with Crippen LogP contribution in [-0.2, 0) is 12.8 Å². The van der Waals surface area contributed by atoms with E-state index in [0.29, 0.717) is 24.9 Å². The number of amides is 1. The molecule has 0 saturated heterocycles. The number of aromatic amines is 1. The highest BCUT2D eigenvalue weighted by Gasteiger charge is 2.18. The van der Waals surface area contributed by atoms with Crippen molar-refractivity contribution in [1.82, 2.24) is 15.3 Å². The Morgan fingerprint density at radius 1 is 1.09 bits per heavy atom. The lowest BCUT2D eigenvalue weighted by Gasteiger charge is -2.07. The van der Waals surface area contributed by atoms with Crippen molar-refractivity contribution in [2.45, 2.75) is 19.8 Å². The number of H-pyrrole nitrogens is 1. The number of carbonyl (C=O) groups is 1. The summed E-state index contributed by atoms with van der Waals surface area (Å²) in [4.78, 5) is 21.4. The number of nitrogens with one attached hydrogen (secondary N) is 2. The molecular weight excluding hydrogens is 421 g/mol. The van der Waals surface area contributed by atoms with Crippen molar-refractivity contribution in [3.05, 3.63) is 99.9 Å². The minimum absolute atomic E-state index is 0.0736. The van der Waals surface area contributed by atoms with Crippen LogP contribution in [0, 0.1) is 12.7 Å². The Bertz CT molecular complexity index is 1420. The molecule has 0 fully saturated rings. The summed E-state index contributed by atoms with van der Waals surface area (Å²) in [5.74, 6) is 0.351. The van der Waals surface area contributed by atoms with Gasteiger partial charge in [0.2, 0.25) is 0 Å². The van der Waals surface area contributed by atoms with Gasteiger partial charge >= 0.3 is 0 Å².